The molecule has 2 atom stereocenters. The van der Waals surface area contributed by atoms with Gasteiger partial charge in [-0.05, 0) is 30.7 Å². The molecule has 1 aromatic rings. The molecule has 2 N–H and O–H groups in total. The topological polar surface area (TPSA) is 71.0 Å². The summed E-state index contributed by atoms with van der Waals surface area (Å²) in [5.41, 5.74) is 7.36. The highest BCUT2D eigenvalue weighted by Crippen LogP contribution is 2.16. The number of nitrogens with zero attached hydrogens (tertiary/aromatic N) is 3. The van der Waals surface area contributed by atoms with Crippen LogP contribution in [0.3, 0.4) is 0 Å². The van der Waals surface area contributed by atoms with Gasteiger partial charge in [0.05, 0.1) is 21.8 Å². The van der Waals surface area contributed by atoms with Crippen molar-refractivity contribution < 1.29 is 8.60 Å². The Labute approximate surface area is 122 Å². The second-order valence-electron chi connectivity index (χ2n) is 4.37. The van der Waals surface area contributed by atoms with Crippen molar-refractivity contribution in [3.63, 3.8) is 0 Å². The third-order valence-electron chi connectivity index (χ3n) is 2.82. The van der Waals surface area contributed by atoms with Crippen molar-refractivity contribution in [3.05, 3.63) is 30.1 Å². The fourth-order valence-corrected chi connectivity index (χ4v) is 3.57. The third-order valence-corrected chi connectivity index (χ3v) is 5.38. The van der Waals surface area contributed by atoms with Gasteiger partial charge in [-0.15, -0.1) is 0 Å². The fraction of sp³-hybridized carbons (Fsp3) is 0.417. The number of rotatable bonds is 5. The van der Waals surface area contributed by atoms with E-state index in [-0.39, 0.29) is 11.3 Å². The van der Waals surface area contributed by atoms with E-state index >= 15 is 0 Å². The number of thioether (sulfide) groups is 1. The van der Waals surface area contributed by atoms with Crippen molar-refractivity contribution >= 4 is 27.0 Å². The standard InChI is InChI=1S/C12H17FN4OS2/c1-20(18,11-5-3-10(13)4-6-11)16-7-2-8-17-12(14)19-9-15-17/h3-6,9,12H,2,7-8,14H2,1H3. The van der Waals surface area contributed by atoms with Gasteiger partial charge in [-0.25, -0.2) is 13.0 Å². The van der Waals surface area contributed by atoms with E-state index in [1.165, 1.54) is 36.0 Å². The summed E-state index contributed by atoms with van der Waals surface area (Å²) in [5, 5.41) is 5.88. The van der Waals surface area contributed by atoms with Crippen LogP contribution in [0.4, 0.5) is 4.39 Å². The van der Waals surface area contributed by atoms with Crippen molar-refractivity contribution in [2.24, 2.45) is 15.2 Å². The van der Waals surface area contributed by atoms with Gasteiger partial charge in [-0.3, -0.25) is 5.01 Å². The van der Waals surface area contributed by atoms with Crippen molar-refractivity contribution in [1.82, 2.24) is 5.01 Å². The van der Waals surface area contributed by atoms with Gasteiger partial charge in [0.1, 0.15) is 11.3 Å². The lowest BCUT2D eigenvalue weighted by atomic mass is 10.4. The molecule has 2 rings (SSSR count). The Balaban J connectivity index is 1.91. The molecule has 0 bridgehead atoms. The maximum atomic E-state index is 12.8. The average Bonchev–Trinajstić information content (AvgIpc) is 2.81. The number of hydrogen-bond donors (Lipinski definition) is 1. The van der Waals surface area contributed by atoms with E-state index in [2.05, 4.69) is 9.46 Å². The maximum absolute atomic E-state index is 12.8. The van der Waals surface area contributed by atoms with Crippen LogP contribution in [0.5, 0.6) is 0 Å². The molecule has 20 heavy (non-hydrogen) atoms. The SMILES string of the molecule is CS(=O)(=NCCCN1N=CSC1N)c1ccc(F)cc1. The highest BCUT2D eigenvalue weighted by Gasteiger charge is 2.15. The normalized spacial score (nSPS) is 20.9. The van der Waals surface area contributed by atoms with Gasteiger partial charge in [0.25, 0.3) is 0 Å². The quantitative estimate of drug-likeness (QED) is 0.842. The van der Waals surface area contributed by atoms with Gasteiger partial charge < -0.3 is 5.73 Å². The van der Waals surface area contributed by atoms with E-state index < -0.39 is 9.73 Å². The summed E-state index contributed by atoms with van der Waals surface area (Å²) in [4.78, 5) is 0.547. The van der Waals surface area contributed by atoms with Crippen molar-refractivity contribution in [1.29, 1.82) is 0 Å². The predicted molar refractivity (Wildman–Crippen MR) is 81.4 cm³/mol. The first-order valence-corrected chi connectivity index (χ1v) is 8.99. The minimum atomic E-state index is -2.47. The zero-order valence-electron chi connectivity index (χ0n) is 11.1. The molecule has 1 aromatic carbocycles. The lowest BCUT2D eigenvalue weighted by Gasteiger charge is -2.18. The first kappa shape index (κ1) is 15.3. The molecule has 0 spiro atoms. The number of hydrogen-bond acceptors (Lipinski definition) is 6. The van der Waals surface area contributed by atoms with Crippen LogP contribution in [0.2, 0.25) is 0 Å². The van der Waals surface area contributed by atoms with Gasteiger partial charge in [0.15, 0.2) is 0 Å². The molecule has 1 heterocycles. The molecule has 0 aliphatic carbocycles. The Morgan fingerprint density at radius 3 is 2.80 bits per heavy atom. The highest BCUT2D eigenvalue weighted by molar-refractivity contribution is 8.12. The van der Waals surface area contributed by atoms with E-state index in [0.717, 1.165) is 6.42 Å². The molecule has 0 saturated carbocycles. The number of halogens is 1. The molecule has 5 nitrogen and oxygen atoms in total. The number of nitrogens with two attached hydrogens (primary N) is 1. The van der Waals surface area contributed by atoms with E-state index in [1.807, 2.05) is 0 Å². The first-order valence-electron chi connectivity index (χ1n) is 6.13. The Bertz CT molecular complexity index is 596. The molecule has 0 saturated heterocycles. The van der Waals surface area contributed by atoms with Gasteiger partial charge in [0, 0.05) is 17.7 Å². The third kappa shape index (κ3) is 3.94. The molecule has 2 unspecified atom stereocenters. The molecule has 0 radical (unpaired) electrons. The summed E-state index contributed by atoms with van der Waals surface area (Å²) in [5.74, 6) is -0.345. The highest BCUT2D eigenvalue weighted by atomic mass is 32.2. The van der Waals surface area contributed by atoms with Crippen LogP contribution in [0.1, 0.15) is 6.42 Å². The Morgan fingerprint density at radius 2 is 2.20 bits per heavy atom. The molecule has 0 amide bonds. The summed E-state index contributed by atoms with van der Waals surface area (Å²) < 4.78 is 29.5. The van der Waals surface area contributed by atoms with Crippen LogP contribution in [-0.2, 0) is 9.73 Å². The second-order valence-corrected chi connectivity index (χ2v) is 7.67. The molecule has 0 aromatic heterocycles. The van der Waals surface area contributed by atoms with E-state index in [4.69, 9.17) is 5.73 Å². The zero-order chi connectivity index (χ0) is 14.6. The number of benzene rings is 1. The fourth-order valence-electron chi connectivity index (χ4n) is 1.70. The Morgan fingerprint density at radius 1 is 1.50 bits per heavy atom. The summed E-state index contributed by atoms with van der Waals surface area (Å²) in [6.07, 6.45) is 2.29. The summed E-state index contributed by atoms with van der Waals surface area (Å²) in [6.45, 7) is 1.13. The summed E-state index contributed by atoms with van der Waals surface area (Å²) in [7, 11) is -2.47. The zero-order valence-corrected chi connectivity index (χ0v) is 12.7. The second kappa shape index (κ2) is 6.55. The van der Waals surface area contributed by atoms with Crippen LogP contribution in [-0.4, -0.2) is 39.6 Å². The van der Waals surface area contributed by atoms with Gasteiger partial charge >= 0.3 is 0 Å². The number of hydrazone groups is 1. The van der Waals surface area contributed by atoms with E-state index in [9.17, 15) is 8.60 Å². The van der Waals surface area contributed by atoms with Crippen LogP contribution < -0.4 is 5.73 Å². The summed E-state index contributed by atoms with van der Waals surface area (Å²) in [6, 6.07) is 5.61. The largest absolute Gasteiger partial charge is 0.301 e. The molecular weight excluding hydrogens is 299 g/mol. The smallest absolute Gasteiger partial charge is 0.147 e. The monoisotopic (exact) mass is 316 g/mol. The molecule has 8 heteroatoms. The predicted octanol–water partition coefficient (Wildman–Crippen LogP) is 1.91. The van der Waals surface area contributed by atoms with Gasteiger partial charge in [-0.1, -0.05) is 11.8 Å². The van der Waals surface area contributed by atoms with Crippen LogP contribution >= 0.6 is 11.8 Å². The molecule has 0 fully saturated rings. The molecule has 110 valence electrons. The average molecular weight is 316 g/mol. The van der Waals surface area contributed by atoms with E-state index in [0.29, 0.717) is 18.0 Å². The van der Waals surface area contributed by atoms with Crippen LogP contribution in [0.25, 0.3) is 0 Å². The maximum Gasteiger partial charge on any atom is 0.147 e. The molecule has 1 aliphatic rings. The lowest BCUT2D eigenvalue weighted by Crippen LogP contribution is -2.33. The minimum absolute atomic E-state index is 0.141. The Kier molecular flexibility index (Phi) is 5.00. The molecular formula is C12H17FN4OS2. The van der Waals surface area contributed by atoms with Gasteiger partial charge in [0.2, 0.25) is 0 Å². The van der Waals surface area contributed by atoms with Gasteiger partial charge in [-0.2, -0.15) is 5.10 Å². The van der Waals surface area contributed by atoms with Crippen molar-refractivity contribution in [2.75, 3.05) is 19.3 Å². The Hall–Kier alpha value is -1.12. The first-order chi connectivity index (χ1) is 9.49. The molecule has 1 aliphatic heterocycles. The van der Waals surface area contributed by atoms with Crippen LogP contribution in [0, 0.1) is 5.82 Å². The minimum Gasteiger partial charge on any atom is -0.301 e. The van der Waals surface area contributed by atoms with E-state index in [1.54, 1.807) is 16.8 Å². The summed E-state index contributed by atoms with van der Waals surface area (Å²) >= 11 is 1.46. The lowest BCUT2D eigenvalue weighted by molar-refractivity contribution is 0.280. The van der Waals surface area contributed by atoms with Crippen molar-refractivity contribution in [2.45, 2.75) is 16.8 Å². The van der Waals surface area contributed by atoms with Crippen molar-refractivity contribution in [3.8, 4) is 0 Å². The van der Waals surface area contributed by atoms with Crippen LogP contribution in [0.15, 0.2) is 38.6 Å².